The number of rotatable bonds is 10. The highest BCUT2D eigenvalue weighted by molar-refractivity contribution is 6.30. The Morgan fingerprint density at radius 1 is 1.07 bits per heavy atom. The highest BCUT2D eigenvalue weighted by Crippen LogP contribution is 2.22. The molecule has 0 aliphatic heterocycles. The van der Waals surface area contributed by atoms with E-state index in [0.717, 1.165) is 16.8 Å². The number of nitrogens with zero attached hydrogens (tertiary/aromatic N) is 1. The Morgan fingerprint density at radius 2 is 1.69 bits per heavy atom. The molecule has 2 aromatic rings. The van der Waals surface area contributed by atoms with Gasteiger partial charge in [0.2, 0.25) is 0 Å². The van der Waals surface area contributed by atoms with Gasteiger partial charge in [-0.05, 0) is 42.3 Å². The zero-order chi connectivity index (χ0) is 21.4. The molecular formula is C21H23Cl3N2O3. The lowest BCUT2D eigenvalue weighted by molar-refractivity contribution is -0.139. The van der Waals surface area contributed by atoms with Crippen LogP contribution in [0.4, 0.5) is 5.69 Å². The number of aryl methyl sites for hydroxylation is 1. The lowest BCUT2D eigenvalue weighted by Crippen LogP contribution is -2.42. The molecule has 5 nitrogen and oxygen atoms in total. The van der Waals surface area contributed by atoms with Gasteiger partial charge in [0.1, 0.15) is 6.04 Å². The van der Waals surface area contributed by atoms with Gasteiger partial charge in [-0.15, -0.1) is 23.2 Å². The van der Waals surface area contributed by atoms with Crippen LogP contribution < -0.4 is 10.2 Å². The molecule has 2 N–H and O–H groups in total. The summed E-state index contributed by atoms with van der Waals surface area (Å²) < 4.78 is 0. The molecule has 0 aliphatic carbocycles. The van der Waals surface area contributed by atoms with Crippen molar-refractivity contribution in [3.63, 3.8) is 0 Å². The van der Waals surface area contributed by atoms with E-state index in [0.29, 0.717) is 35.4 Å². The number of carboxylic acids is 1. The molecule has 1 atom stereocenters. The molecule has 0 radical (unpaired) electrons. The predicted octanol–water partition coefficient (Wildman–Crippen LogP) is 4.36. The van der Waals surface area contributed by atoms with Crippen molar-refractivity contribution in [3.05, 3.63) is 64.2 Å². The highest BCUT2D eigenvalue weighted by Gasteiger charge is 2.22. The number of carboxylic acid groups (broad SMARTS) is 1. The van der Waals surface area contributed by atoms with Crippen molar-refractivity contribution >= 4 is 52.4 Å². The summed E-state index contributed by atoms with van der Waals surface area (Å²) in [7, 11) is 0. The van der Waals surface area contributed by atoms with Gasteiger partial charge in [-0.3, -0.25) is 4.79 Å². The molecule has 2 rings (SSSR count). The van der Waals surface area contributed by atoms with E-state index < -0.39 is 17.9 Å². The van der Waals surface area contributed by atoms with Crippen molar-refractivity contribution in [2.45, 2.75) is 19.4 Å². The minimum atomic E-state index is -1.11. The molecule has 1 amide bonds. The van der Waals surface area contributed by atoms with Crippen molar-refractivity contribution in [3.8, 4) is 0 Å². The molecule has 0 heterocycles. The molecule has 0 saturated heterocycles. The largest absolute Gasteiger partial charge is 0.480 e. The maximum atomic E-state index is 12.7. The van der Waals surface area contributed by atoms with Crippen LogP contribution in [0, 0.1) is 6.92 Å². The fourth-order valence-electron chi connectivity index (χ4n) is 2.95. The maximum Gasteiger partial charge on any atom is 0.326 e. The molecule has 8 heteroatoms. The number of carbonyl (C=O) groups excluding carboxylic acids is 1. The van der Waals surface area contributed by atoms with Crippen LogP contribution in [0.2, 0.25) is 5.02 Å². The molecule has 0 fully saturated rings. The molecule has 0 aliphatic rings. The van der Waals surface area contributed by atoms with Crippen molar-refractivity contribution < 1.29 is 14.7 Å². The average Bonchev–Trinajstić information content (AvgIpc) is 2.69. The summed E-state index contributed by atoms with van der Waals surface area (Å²) in [6, 6.07) is 11.0. The van der Waals surface area contributed by atoms with Crippen molar-refractivity contribution in [2.24, 2.45) is 0 Å². The molecule has 0 saturated carbocycles. The minimum Gasteiger partial charge on any atom is -0.480 e. The number of benzene rings is 2. The zero-order valence-electron chi connectivity index (χ0n) is 16.0. The van der Waals surface area contributed by atoms with Gasteiger partial charge in [0, 0.05) is 47.5 Å². The maximum absolute atomic E-state index is 12.7. The molecule has 0 bridgehead atoms. The fourth-order valence-corrected chi connectivity index (χ4v) is 3.48. The number of halogens is 3. The van der Waals surface area contributed by atoms with Gasteiger partial charge in [0.25, 0.3) is 5.91 Å². The Hall–Kier alpha value is -1.95. The quantitative estimate of drug-likeness (QED) is 0.520. The van der Waals surface area contributed by atoms with E-state index in [-0.39, 0.29) is 6.42 Å². The van der Waals surface area contributed by atoms with Gasteiger partial charge < -0.3 is 15.3 Å². The number of hydrogen-bond donors (Lipinski definition) is 2. The number of carbonyl (C=O) groups is 2. The zero-order valence-corrected chi connectivity index (χ0v) is 18.3. The monoisotopic (exact) mass is 456 g/mol. The van der Waals surface area contributed by atoms with Gasteiger partial charge >= 0.3 is 5.97 Å². The summed E-state index contributed by atoms with van der Waals surface area (Å²) in [6.45, 7) is 3.12. The third kappa shape index (κ3) is 6.81. The molecule has 2 aromatic carbocycles. The molecular weight excluding hydrogens is 435 g/mol. The Kier molecular flexibility index (Phi) is 9.08. The van der Waals surface area contributed by atoms with E-state index in [1.165, 1.54) is 0 Å². The minimum absolute atomic E-state index is 0.154. The third-order valence-corrected chi connectivity index (χ3v) is 5.07. The number of amides is 1. The lowest BCUT2D eigenvalue weighted by Gasteiger charge is -2.25. The van der Waals surface area contributed by atoms with Crippen LogP contribution in [0.3, 0.4) is 0 Å². The lowest BCUT2D eigenvalue weighted by atomic mass is 10.0. The summed E-state index contributed by atoms with van der Waals surface area (Å²) in [6.07, 6.45) is 0.154. The highest BCUT2D eigenvalue weighted by atomic mass is 35.5. The topological polar surface area (TPSA) is 69.6 Å². The SMILES string of the molecule is Cc1ccc(C(=O)N[C@H](Cc2ccc(Cl)cc2)C(=O)O)cc1N(CCCl)CCCl. The van der Waals surface area contributed by atoms with Crippen LogP contribution in [0.15, 0.2) is 42.5 Å². The van der Waals surface area contributed by atoms with Crippen LogP contribution in [0.5, 0.6) is 0 Å². The normalized spacial score (nSPS) is 11.7. The molecule has 156 valence electrons. The molecule has 0 spiro atoms. The summed E-state index contributed by atoms with van der Waals surface area (Å²) in [5.41, 5.74) is 2.97. The van der Waals surface area contributed by atoms with Gasteiger partial charge in [0.05, 0.1) is 0 Å². The third-order valence-electron chi connectivity index (χ3n) is 4.48. The van der Waals surface area contributed by atoms with Gasteiger partial charge in [-0.1, -0.05) is 29.8 Å². The second-order valence-corrected chi connectivity index (χ2v) is 7.75. The standard InChI is InChI=1S/C21H23Cl3N2O3/c1-14-2-5-16(13-19(14)26(10-8-22)11-9-23)20(27)25-18(21(28)29)12-15-3-6-17(24)7-4-15/h2-7,13,18H,8-12H2,1H3,(H,25,27)(H,28,29)/t18-/m1/s1. The van der Waals surface area contributed by atoms with Gasteiger partial charge in [-0.25, -0.2) is 4.79 Å². The van der Waals surface area contributed by atoms with Crippen molar-refractivity contribution in [1.29, 1.82) is 0 Å². The number of hydrogen-bond acceptors (Lipinski definition) is 3. The van der Waals surface area contributed by atoms with Crippen LogP contribution in [-0.2, 0) is 11.2 Å². The van der Waals surface area contributed by atoms with E-state index in [2.05, 4.69) is 5.32 Å². The predicted molar refractivity (Wildman–Crippen MR) is 119 cm³/mol. The van der Waals surface area contributed by atoms with E-state index in [1.54, 1.807) is 36.4 Å². The molecule has 29 heavy (non-hydrogen) atoms. The second kappa shape index (κ2) is 11.3. The number of anilines is 1. The average molecular weight is 458 g/mol. The first-order valence-corrected chi connectivity index (χ1v) is 10.6. The summed E-state index contributed by atoms with van der Waals surface area (Å²) in [5.74, 6) is -0.708. The van der Waals surface area contributed by atoms with E-state index >= 15 is 0 Å². The van der Waals surface area contributed by atoms with Gasteiger partial charge in [-0.2, -0.15) is 0 Å². The van der Waals surface area contributed by atoms with Crippen LogP contribution in [0.1, 0.15) is 21.5 Å². The van der Waals surface area contributed by atoms with Crippen molar-refractivity contribution in [1.82, 2.24) is 5.32 Å². The summed E-state index contributed by atoms with van der Waals surface area (Å²) >= 11 is 17.6. The Bertz CT molecular complexity index is 838. The Morgan fingerprint density at radius 3 is 2.24 bits per heavy atom. The first-order valence-electron chi connectivity index (χ1n) is 9.11. The van der Waals surface area contributed by atoms with Crippen LogP contribution in [-0.4, -0.2) is 47.9 Å². The first-order chi connectivity index (χ1) is 13.8. The van der Waals surface area contributed by atoms with Crippen molar-refractivity contribution in [2.75, 3.05) is 29.7 Å². The van der Waals surface area contributed by atoms with Crippen LogP contribution >= 0.6 is 34.8 Å². The first kappa shape index (κ1) is 23.3. The fraction of sp³-hybridized carbons (Fsp3) is 0.333. The van der Waals surface area contributed by atoms with Crippen LogP contribution in [0.25, 0.3) is 0 Å². The Labute approximate surface area is 185 Å². The summed E-state index contributed by atoms with van der Waals surface area (Å²) in [4.78, 5) is 26.4. The van der Waals surface area contributed by atoms with E-state index in [1.807, 2.05) is 17.9 Å². The number of aliphatic carboxylic acids is 1. The summed E-state index contributed by atoms with van der Waals surface area (Å²) in [5, 5.41) is 12.7. The van der Waals surface area contributed by atoms with E-state index in [4.69, 9.17) is 34.8 Å². The van der Waals surface area contributed by atoms with Gasteiger partial charge in [0.15, 0.2) is 0 Å². The number of alkyl halides is 2. The number of nitrogens with one attached hydrogen (secondary N) is 1. The van der Waals surface area contributed by atoms with E-state index in [9.17, 15) is 14.7 Å². The molecule has 0 unspecified atom stereocenters. The smallest absolute Gasteiger partial charge is 0.326 e. The molecule has 0 aromatic heterocycles. The Balaban J connectivity index is 2.19. The second-order valence-electron chi connectivity index (χ2n) is 6.56.